The molecule has 2 aromatic carbocycles. The minimum absolute atomic E-state index is 0.111. The highest BCUT2D eigenvalue weighted by Crippen LogP contribution is 2.37. The molecule has 2 amide bonds. The summed E-state index contributed by atoms with van der Waals surface area (Å²) in [5.74, 6) is 0.957. The van der Waals surface area contributed by atoms with E-state index in [2.05, 4.69) is 15.5 Å². The molecule has 0 saturated heterocycles. The predicted octanol–water partition coefficient (Wildman–Crippen LogP) is 4.95. The number of benzene rings is 2. The van der Waals surface area contributed by atoms with Crippen LogP contribution in [-0.2, 0) is 0 Å². The molecular weight excluding hydrogens is 364 g/mol. The monoisotopic (exact) mass is 388 g/mol. The van der Waals surface area contributed by atoms with E-state index in [4.69, 9.17) is 4.52 Å². The van der Waals surface area contributed by atoms with Crippen LogP contribution in [-0.4, -0.2) is 27.6 Å². The van der Waals surface area contributed by atoms with Crippen LogP contribution < -0.4 is 5.32 Å². The second-order valence-electron chi connectivity index (χ2n) is 7.23. The average Bonchev–Trinajstić information content (AvgIpc) is 3.21. The van der Waals surface area contributed by atoms with Gasteiger partial charge in [0.2, 0.25) is 5.82 Å². The molecule has 1 aliphatic heterocycles. The third kappa shape index (κ3) is 3.66. The van der Waals surface area contributed by atoms with E-state index in [-0.39, 0.29) is 12.1 Å². The van der Waals surface area contributed by atoms with Gasteiger partial charge in [-0.25, -0.2) is 4.79 Å². The Morgan fingerprint density at radius 1 is 1.07 bits per heavy atom. The fourth-order valence-corrected chi connectivity index (χ4v) is 3.60. The van der Waals surface area contributed by atoms with Crippen molar-refractivity contribution < 1.29 is 9.32 Å². The molecule has 2 heterocycles. The summed E-state index contributed by atoms with van der Waals surface area (Å²) in [4.78, 5) is 19.1. The van der Waals surface area contributed by atoms with Crippen LogP contribution in [0.4, 0.5) is 4.79 Å². The summed E-state index contributed by atoms with van der Waals surface area (Å²) >= 11 is 0. The van der Waals surface area contributed by atoms with Crippen LogP contribution in [0.2, 0.25) is 0 Å². The van der Waals surface area contributed by atoms with E-state index in [1.165, 1.54) is 5.56 Å². The first-order chi connectivity index (χ1) is 14.1. The van der Waals surface area contributed by atoms with Gasteiger partial charge in [0.25, 0.3) is 5.89 Å². The van der Waals surface area contributed by atoms with E-state index in [9.17, 15) is 4.79 Å². The van der Waals surface area contributed by atoms with Crippen LogP contribution in [0.15, 0.2) is 64.8 Å². The fourth-order valence-electron chi connectivity index (χ4n) is 3.60. The maximum Gasteiger partial charge on any atom is 0.322 e. The standard InChI is InChI=1S/C23H24N4O2/c1-4-14-27-16(3)19(20(24-23(27)28)17-8-6-5-7-9-17)22-25-21(26-29-22)18-12-10-15(2)11-13-18/h5-13,20H,4,14H2,1-3H3,(H,24,28). The second-order valence-corrected chi connectivity index (χ2v) is 7.23. The zero-order valence-electron chi connectivity index (χ0n) is 16.8. The summed E-state index contributed by atoms with van der Waals surface area (Å²) in [6.45, 7) is 6.65. The molecule has 0 fully saturated rings. The van der Waals surface area contributed by atoms with Crippen molar-refractivity contribution in [1.29, 1.82) is 0 Å². The summed E-state index contributed by atoms with van der Waals surface area (Å²) in [7, 11) is 0. The van der Waals surface area contributed by atoms with Crippen LogP contribution >= 0.6 is 0 Å². The highest BCUT2D eigenvalue weighted by Gasteiger charge is 2.35. The lowest BCUT2D eigenvalue weighted by Crippen LogP contribution is -2.46. The maximum absolute atomic E-state index is 12.7. The summed E-state index contributed by atoms with van der Waals surface area (Å²) in [6, 6.07) is 17.4. The number of aromatic nitrogens is 2. The van der Waals surface area contributed by atoms with Crippen molar-refractivity contribution in [3.63, 3.8) is 0 Å². The molecule has 148 valence electrons. The zero-order valence-corrected chi connectivity index (χ0v) is 16.8. The Bertz CT molecular complexity index is 1040. The van der Waals surface area contributed by atoms with Crippen molar-refractivity contribution in [2.75, 3.05) is 6.54 Å². The first-order valence-corrected chi connectivity index (χ1v) is 9.83. The molecule has 1 atom stereocenters. The minimum Gasteiger partial charge on any atom is -0.334 e. The normalized spacial score (nSPS) is 16.9. The molecule has 6 heteroatoms. The van der Waals surface area contributed by atoms with Crippen molar-refractivity contribution in [1.82, 2.24) is 20.4 Å². The summed E-state index contributed by atoms with van der Waals surface area (Å²) in [5.41, 5.74) is 4.70. The molecule has 1 aliphatic rings. The number of carbonyl (C=O) groups excluding carboxylic acids is 1. The maximum atomic E-state index is 12.7. The molecule has 0 aliphatic carbocycles. The number of hydrogen-bond donors (Lipinski definition) is 1. The smallest absolute Gasteiger partial charge is 0.322 e. The van der Waals surface area contributed by atoms with E-state index < -0.39 is 0 Å². The average molecular weight is 388 g/mol. The van der Waals surface area contributed by atoms with Gasteiger partial charge in [-0.1, -0.05) is 72.2 Å². The van der Waals surface area contributed by atoms with Crippen LogP contribution in [0, 0.1) is 6.92 Å². The number of allylic oxidation sites excluding steroid dienone is 1. The van der Waals surface area contributed by atoms with E-state index in [1.807, 2.05) is 75.4 Å². The first kappa shape index (κ1) is 18.9. The quantitative estimate of drug-likeness (QED) is 0.671. The second kappa shape index (κ2) is 7.91. The van der Waals surface area contributed by atoms with Crippen molar-refractivity contribution in [2.24, 2.45) is 0 Å². The van der Waals surface area contributed by atoms with Gasteiger partial charge in [-0.2, -0.15) is 4.98 Å². The van der Waals surface area contributed by atoms with E-state index in [1.54, 1.807) is 4.90 Å². The Kier molecular flexibility index (Phi) is 5.16. The van der Waals surface area contributed by atoms with Crippen LogP contribution in [0.25, 0.3) is 17.0 Å². The van der Waals surface area contributed by atoms with Gasteiger partial charge in [-0.3, -0.25) is 4.90 Å². The molecule has 1 unspecified atom stereocenters. The Labute approximate surface area is 170 Å². The number of aryl methyl sites for hydroxylation is 1. The molecule has 4 rings (SSSR count). The molecule has 1 aromatic heterocycles. The van der Waals surface area contributed by atoms with Crippen molar-refractivity contribution in [3.05, 3.63) is 77.3 Å². The number of urea groups is 1. The Hall–Kier alpha value is -3.41. The summed E-state index contributed by atoms with van der Waals surface area (Å²) in [5, 5.41) is 7.30. The molecule has 0 bridgehead atoms. The van der Waals surface area contributed by atoms with Gasteiger partial charge in [-0.15, -0.1) is 0 Å². The van der Waals surface area contributed by atoms with E-state index >= 15 is 0 Å². The predicted molar refractivity (Wildman–Crippen MR) is 112 cm³/mol. The molecule has 3 aromatic rings. The first-order valence-electron chi connectivity index (χ1n) is 9.83. The molecule has 0 spiro atoms. The third-order valence-electron chi connectivity index (χ3n) is 5.14. The van der Waals surface area contributed by atoms with Crippen LogP contribution in [0.1, 0.15) is 43.3 Å². The van der Waals surface area contributed by atoms with E-state index in [0.29, 0.717) is 18.3 Å². The topological polar surface area (TPSA) is 71.3 Å². The van der Waals surface area contributed by atoms with Gasteiger partial charge in [0.05, 0.1) is 11.6 Å². The highest BCUT2D eigenvalue weighted by molar-refractivity contribution is 5.86. The van der Waals surface area contributed by atoms with Gasteiger partial charge in [0, 0.05) is 17.8 Å². The summed E-state index contributed by atoms with van der Waals surface area (Å²) in [6.07, 6.45) is 0.854. The molecule has 0 saturated carbocycles. The molecule has 0 radical (unpaired) electrons. The molecular formula is C23H24N4O2. The number of nitrogens with one attached hydrogen (secondary N) is 1. The molecule has 1 N–H and O–H groups in total. The zero-order chi connectivity index (χ0) is 20.4. The van der Waals surface area contributed by atoms with Gasteiger partial charge in [-0.05, 0) is 25.8 Å². The minimum atomic E-state index is -0.344. The number of nitrogens with zero attached hydrogens (tertiary/aromatic N) is 3. The lowest BCUT2D eigenvalue weighted by atomic mass is 9.94. The lowest BCUT2D eigenvalue weighted by molar-refractivity contribution is 0.205. The van der Waals surface area contributed by atoms with Crippen LogP contribution in [0.5, 0.6) is 0 Å². The molecule has 29 heavy (non-hydrogen) atoms. The number of amides is 2. The number of rotatable bonds is 5. The largest absolute Gasteiger partial charge is 0.334 e. The summed E-state index contributed by atoms with van der Waals surface area (Å²) < 4.78 is 5.68. The van der Waals surface area contributed by atoms with Gasteiger partial charge >= 0.3 is 6.03 Å². The lowest BCUT2D eigenvalue weighted by Gasteiger charge is -2.35. The number of hydrogen-bond acceptors (Lipinski definition) is 4. The van der Waals surface area contributed by atoms with Crippen molar-refractivity contribution in [3.8, 4) is 11.4 Å². The van der Waals surface area contributed by atoms with Gasteiger partial charge < -0.3 is 9.84 Å². The fraction of sp³-hybridized carbons (Fsp3) is 0.261. The Morgan fingerprint density at radius 2 is 1.79 bits per heavy atom. The Morgan fingerprint density at radius 3 is 2.48 bits per heavy atom. The van der Waals surface area contributed by atoms with Crippen LogP contribution in [0.3, 0.4) is 0 Å². The SMILES string of the molecule is CCCN1C(=O)NC(c2ccccc2)C(c2nc(-c3ccc(C)cc3)no2)=C1C. The van der Waals surface area contributed by atoms with Crippen molar-refractivity contribution >= 4 is 11.6 Å². The molecule has 6 nitrogen and oxygen atoms in total. The van der Waals surface area contributed by atoms with E-state index in [0.717, 1.165) is 28.8 Å². The van der Waals surface area contributed by atoms with Gasteiger partial charge in [0.1, 0.15) is 0 Å². The number of carbonyl (C=O) groups is 1. The van der Waals surface area contributed by atoms with Gasteiger partial charge in [0.15, 0.2) is 0 Å². The van der Waals surface area contributed by atoms with Crippen molar-refractivity contribution in [2.45, 2.75) is 33.2 Å². The third-order valence-corrected chi connectivity index (χ3v) is 5.14. The highest BCUT2D eigenvalue weighted by atomic mass is 16.5. The Balaban J connectivity index is 1.80.